The number of hydrogen-bond donors (Lipinski definition) is 2. The Hall–Kier alpha value is -0.980. The first kappa shape index (κ1) is 15.1. The van der Waals surface area contributed by atoms with E-state index >= 15 is 0 Å². The summed E-state index contributed by atoms with van der Waals surface area (Å²) in [5.41, 5.74) is 0.716. The van der Waals surface area contributed by atoms with Gasteiger partial charge < -0.3 is 15.2 Å². The average molecular weight is 272 g/mol. The molecule has 1 aromatic heterocycles. The molecule has 0 saturated carbocycles. The van der Waals surface area contributed by atoms with Gasteiger partial charge in [0.25, 0.3) is 5.91 Å². The summed E-state index contributed by atoms with van der Waals surface area (Å²) in [5.74, 6) is -0.139. The Kier molecular flexibility index (Phi) is 5.71. The van der Waals surface area contributed by atoms with Crippen LogP contribution in [0.25, 0.3) is 0 Å². The quantitative estimate of drug-likeness (QED) is 0.826. The van der Waals surface area contributed by atoms with E-state index in [1.54, 1.807) is 14.0 Å². The summed E-state index contributed by atoms with van der Waals surface area (Å²) in [4.78, 5) is 16.8. The van der Waals surface area contributed by atoms with E-state index in [0.717, 1.165) is 5.01 Å². The number of ether oxygens (including phenoxy) is 1. The van der Waals surface area contributed by atoms with Crippen LogP contribution in [0, 0.1) is 6.92 Å². The molecular weight excluding hydrogens is 252 g/mol. The maximum Gasteiger partial charge on any atom is 0.263 e. The molecule has 0 aliphatic heterocycles. The summed E-state index contributed by atoms with van der Waals surface area (Å²) in [6, 6.07) is 0. The zero-order chi connectivity index (χ0) is 13.7. The van der Waals surface area contributed by atoms with Crippen molar-refractivity contribution in [1.82, 2.24) is 10.3 Å². The van der Waals surface area contributed by atoms with Crippen molar-refractivity contribution in [2.45, 2.75) is 39.4 Å². The first-order valence-corrected chi connectivity index (χ1v) is 6.73. The summed E-state index contributed by atoms with van der Waals surface area (Å²) in [5, 5.41) is 12.7. The summed E-state index contributed by atoms with van der Waals surface area (Å²) < 4.78 is 5.18. The number of aliphatic hydroxyl groups excluding tert-OH is 1. The molecular formula is C12H20N2O3S. The molecule has 2 N–H and O–H groups in total. The highest BCUT2D eigenvalue weighted by Gasteiger charge is 2.18. The number of rotatable bonds is 6. The van der Waals surface area contributed by atoms with Gasteiger partial charge in [-0.15, -0.1) is 11.3 Å². The molecule has 0 radical (unpaired) electrons. The fraction of sp³-hybridized carbons (Fsp3) is 0.667. The predicted octanol–water partition coefficient (Wildman–Crippen LogP) is 1.66. The average Bonchev–Trinajstić information content (AvgIpc) is 2.69. The van der Waals surface area contributed by atoms with Crippen LogP contribution in [0.1, 0.15) is 46.7 Å². The molecule has 1 amide bonds. The fourth-order valence-corrected chi connectivity index (χ4v) is 2.39. The SMILES string of the molecule is COC(C)c1nc(C)c(C(=O)NCCC(C)O)s1. The van der Waals surface area contributed by atoms with E-state index in [2.05, 4.69) is 10.3 Å². The number of aromatic nitrogens is 1. The fourth-order valence-electron chi connectivity index (χ4n) is 1.38. The lowest BCUT2D eigenvalue weighted by Crippen LogP contribution is -2.26. The minimum atomic E-state index is -0.406. The van der Waals surface area contributed by atoms with Gasteiger partial charge in [-0.3, -0.25) is 4.79 Å². The zero-order valence-electron chi connectivity index (χ0n) is 11.2. The first-order valence-electron chi connectivity index (χ1n) is 5.92. The van der Waals surface area contributed by atoms with E-state index in [1.807, 2.05) is 13.8 Å². The third kappa shape index (κ3) is 4.04. The predicted molar refractivity (Wildman–Crippen MR) is 70.9 cm³/mol. The van der Waals surface area contributed by atoms with Gasteiger partial charge in [-0.05, 0) is 27.2 Å². The number of aryl methyl sites for hydroxylation is 1. The van der Waals surface area contributed by atoms with E-state index in [0.29, 0.717) is 23.5 Å². The van der Waals surface area contributed by atoms with Gasteiger partial charge in [0.1, 0.15) is 16.0 Å². The van der Waals surface area contributed by atoms with E-state index in [4.69, 9.17) is 9.84 Å². The van der Waals surface area contributed by atoms with Crippen LogP contribution >= 0.6 is 11.3 Å². The number of carbonyl (C=O) groups is 1. The summed E-state index contributed by atoms with van der Waals surface area (Å²) in [6.45, 7) is 5.87. The number of nitrogens with one attached hydrogen (secondary N) is 1. The van der Waals surface area contributed by atoms with Crippen molar-refractivity contribution in [2.24, 2.45) is 0 Å². The number of methoxy groups -OCH3 is 1. The molecule has 0 saturated heterocycles. The van der Waals surface area contributed by atoms with Gasteiger partial charge in [0, 0.05) is 13.7 Å². The Morgan fingerprint density at radius 3 is 2.78 bits per heavy atom. The summed E-state index contributed by atoms with van der Waals surface area (Å²) in [6.07, 6.45) is 0.0370. The Balaban J connectivity index is 2.65. The van der Waals surface area contributed by atoms with Crippen LogP contribution in [0.15, 0.2) is 0 Å². The molecule has 0 aromatic carbocycles. The number of amides is 1. The van der Waals surface area contributed by atoms with E-state index < -0.39 is 6.10 Å². The van der Waals surface area contributed by atoms with Crippen LogP contribution in [0.3, 0.4) is 0 Å². The summed E-state index contributed by atoms with van der Waals surface area (Å²) in [7, 11) is 1.61. The lowest BCUT2D eigenvalue weighted by atomic mass is 10.3. The van der Waals surface area contributed by atoms with E-state index in [1.165, 1.54) is 11.3 Å². The Morgan fingerprint density at radius 2 is 2.22 bits per heavy atom. The Bertz CT molecular complexity index is 404. The maximum absolute atomic E-state index is 11.9. The number of thiazole rings is 1. The van der Waals surface area contributed by atoms with Crippen molar-refractivity contribution in [3.05, 3.63) is 15.6 Å². The highest BCUT2D eigenvalue weighted by Crippen LogP contribution is 2.25. The van der Waals surface area contributed by atoms with Gasteiger partial charge in [-0.2, -0.15) is 0 Å². The number of carbonyl (C=O) groups excluding carboxylic acids is 1. The van der Waals surface area contributed by atoms with Gasteiger partial charge in [-0.25, -0.2) is 4.98 Å². The molecule has 1 aromatic rings. The van der Waals surface area contributed by atoms with Crippen LogP contribution in [-0.4, -0.2) is 35.8 Å². The van der Waals surface area contributed by atoms with Crippen molar-refractivity contribution in [1.29, 1.82) is 0 Å². The topological polar surface area (TPSA) is 71.5 Å². The van der Waals surface area contributed by atoms with Crippen LogP contribution in [0.5, 0.6) is 0 Å². The maximum atomic E-state index is 11.9. The van der Waals surface area contributed by atoms with Crippen molar-refractivity contribution in [3.63, 3.8) is 0 Å². The first-order chi connectivity index (χ1) is 8.45. The third-order valence-corrected chi connectivity index (χ3v) is 3.89. The number of hydrogen-bond acceptors (Lipinski definition) is 5. The van der Waals surface area contributed by atoms with Crippen molar-refractivity contribution >= 4 is 17.2 Å². The third-order valence-electron chi connectivity index (χ3n) is 2.57. The minimum absolute atomic E-state index is 0.104. The van der Waals surface area contributed by atoms with E-state index in [-0.39, 0.29) is 12.0 Å². The standard InChI is InChI=1S/C12H20N2O3S/c1-7(15)5-6-13-11(16)10-8(2)14-12(18-10)9(3)17-4/h7,9,15H,5-6H2,1-4H3,(H,13,16). The molecule has 2 atom stereocenters. The molecule has 1 heterocycles. The van der Waals surface area contributed by atoms with Gasteiger partial charge in [0.05, 0.1) is 11.8 Å². The van der Waals surface area contributed by atoms with E-state index in [9.17, 15) is 4.79 Å². The number of nitrogens with zero attached hydrogens (tertiary/aromatic N) is 1. The van der Waals surface area contributed by atoms with Gasteiger partial charge in [-0.1, -0.05) is 0 Å². The molecule has 5 nitrogen and oxygen atoms in total. The molecule has 102 valence electrons. The minimum Gasteiger partial charge on any atom is -0.393 e. The largest absolute Gasteiger partial charge is 0.393 e. The second-order valence-electron chi connectivity index (χ2n) is 4.24. The molecule has 0 aliphatic carbocycles. The molecule has 6 heteroatoms. The Morgan fingerprint density at radius 1 is 1.56 bits per heavy atom. The molecule has 0 bridgehead atoms. The normalized spacial score (nSPS) is 14.3. The summed E-state index contributed by atoms with van der Waals surface area (Å²) >= 11 is 1.35. The molecule has 0 spiro atoms. The monoisotopic (exact) mass is 272 g/mol. The molecule has 1 rings (SSSR count). The van der Waals surface area contributed by atoms with Gasteiger partial charge in [0.15, 0.2) is 0 Å². The molecule has 0 fully saturated rings. The van der Waals surface area contributed by atoms with Crippen LogP contribution < -0.4 is 5.32 Å². The van der Waals surface area contributed by atoms with Crippen LogP contribution in [-0.2, 0) is 4.74 Å². The highest BCUT2D eigenvalue weighted by atomic mass is 32.1. The van der Waals surface area contributed by atoms with Crippen molar-refractivity contribution < 1.29 is 14.6 Å². The van der Waals surface area contributed by atoms with Gasteiger partial charge >= 0.3 is 0 Å². The second-order valence-corrected chi connectivity index (χ2v) is 5.27. The van der Waals surface area contributed by atoms with Crippen molar-refractivity contribution in [2.75, 3.05) is 13.7 Å². The van der Waals surface area contributed by atoms with Crippen LogP contribution in [0.4, 0.5) is 0 Å². The smallest absolute Gasteiger partial charge is 0.263 e. The van der Waals surface area contributed by atoms with Crippen molar-refractivity contribution in [3.8, 4) is 0 Å². The second kappa shape index (κ2) is 6.82. The molecule has 18 heavy (non-hydrogen) atoms. The lowest BCUT2D eigenvalue weighted by molar-refractivity contribution is 0.0949. The van der Waals surface area contributed by atoms with Gasteiger partial charge in [0.2, 0.25) is 0 Å². The number of aliphatic hydroxyl groups is 1. The highest BCUT2D eigenvalue weighted by molar-refractivity contribution is 7.13. The van der Waals surface area contributed by atoms with Crippen LogP contribution in [0.2, 0.25) is 0 Å². The molecule has 0 aliphatic rings. The Labute approximate surface area is 111 Å². The lowest BCUT2D eigenvalue weighted by Gasteiger charge is -2.05. The zero-order valence-corrected chi connectivity index (χ0v) is 12.0. The molecule has 2 unspecified atom stereocenters.